The summed E-state index contributed by atoms with van der Waals surface area (Å²) < 4.78 is 39.9. The van der Waals surface area contributed by atoms with Crippen molar-refractivity contribution >= 4 is 46.2 Å². The third-order valence-corrected chi connectivity index (χ3v) is 6.22. The predicted molar refractivity (Wildman–Crippen MR) is 134 cm³/mol. The van der Waals surface area contributed by atoms with Crippen LogP contribution >= 0.6 is 11.6 Å². The molecule has 0 aromatic heterocycles. The largest absolute Gasteiger partial charge is 0.417 e. The quantitative estimate of drug-likeness (QED) is 0.353. The van der Waals surface area contributed by atoms with Crippen LogP contribution in [0.2, 0.25) is 5.02 Å². The Hall–Kier alpha value is -3.76. The Balaban J connectivity index is 1.56. The summed E-state index contributed by atoms with van der Waals surface area (Å²) in [6, 6.07) is 14.4. The van der Waals surface area contributed by atoms with Crippen molar-refractivity contribution in [1.29, 1.82) is 0 Å². The molecule has 0 saturated heterocycles. The van der Waals surface area contributed by atoms with Gasteiger partial charge < -0.3 is 21.3 Å². The van der Waals surface area contributed by atoms with E-state index in [-0.39, 0.29) is 5.69 Å². The number of nitrogens with zero attached hydrogens (tertiary/aromatic N) is 1. The van der Waals surface area contributed by atoms with Crippen molar-refractivity contribution in [3.63, 3.8) is 0 Å². The van der Waals surface area contributed by atoms with E-state index < -0.39 is 34.9 Å². The van der Waals surface area contributed by atoms with E-state index in [1.807, 2.05) is 6.92 Å². The fourth-order valence-corrected chi connectivity index (χ4v) is 4.00. The maximum absolute atomic E-state index is 13.3. The number of halogens is 4. The first kappa shape index (κ1) is 25.3. The molecule has 36 heavy (non-hydrogen) atoms. The van der Waals surface area contributed by atoms with E-state index in [1.165, 1.54) is 24.3 Å². The van der Waals surface area contributed by atoms with E-state index in [0.717, 1.165) is 17.7 Å². The summed E-state index contributed by atoms with van der Waals surface area (Å²) in [5, 5.41) is 12.1. The summed E-state index contributed by atoms with van der Waals surface area (Å²) in [7, 11) is 3.40. The van der Waals surface area contributed by atoms with E-state index in [4.69, 9.17) is 11.6 Å². The molecule has 7 nitrogen and oxygen atoms in total. The third kappa shape index (κ3) is 4.82. The maximum Gasteiger partial charge on any atom is 0.417 e. The SMILES string of the molecule is Cc1ccc(NC(=O)C2(N(C)C)Nc3ccc(NC(=O)c4ccccc4C(F)(F)F)cc3N2)cc1Cl. The van der Waals surface area contributed by atoms with Crippen molar-refractivity contribution in [3.05, 3.63) is 82.4 Å². The monoisotopic (exact) mass is 517 g/mol. The number of anilines is 4. The zero-order chi connectivity index (χ0) is 26.3. The van der Waals surface area contributed by atoms with Crippen molar-refractivity contribution in [2.24, 2.45) is 0 Å². The minimum atomic E-state index is -4.67. The topological polar surface area (TPSA) is 85.5 Å². The van der Waals surface area contributed by atoms with Gasteiger partial charge in [0.25, 0.3) is 11.8 Å². The van der Waals surface area contributed by atoms with Gasteiger partial charge >= 0.3 is 6.18 Å². The lowest BCUT2D eigenvalue weighted by Gasteiger charge is -2.35. The molecule has 1 aliphatic heterocycles. The predicted octanol–water partition coefficient (Wildman–Crippen LogP) is 5.61. The van der Waals surface area contributed by atoms with Crippen LogP contribution in [0.3, 0.4) is 0 Å². The number of carbonyl (C=O) groups is 2. The first-order valence-corrected chi connectivity index (χ1v) is 11.2. The molecule has 11 heteroatoms. The zero-order valence-electron chi connectivity index (χ0n) is 19.5. The molecular formula is C25H23ClF3N5O2. The summed E-state index contributed by atoms with van der Waals surface area (Å²) in [5.41, 5.74) is 1.16. The van der Waals surface area contributed by atoms with Crippen LogP contribution in [0.25, 0.3) is 0 Å². The third-order valence-electron chi connectivity index (χ3n) is 5.81. The molecule has 1 unspecified atom stereocenters. The number of rotatable bonds is 5. The van der Waals surface area contributed by atoms with Gasteiger partial charge in [0.05, 0.1) is 22.5 Å². The van der Waals surface area contributed by atoms with E-state index in [0.29, 0.717) is 22.1 Å². The number of aryl methyl sites for hydroxylation is 1. The van der Waals surface area contributed by atoms with Gasteiger partial charge in [0.2, 0.25) is 5.79 Å². The Morgan fingerprint density at radius 3 is 2.22 bits per heavy atom. The molecule has 4 N–H and O–H groups in total. The highest BCUT2D eigenvalue weighted by molar-refractivity contribution is 6.31. The number of alkyl halides is 3. The van der Waals surface area contributed by atoms with Gasteiger partial charge in [-0.25, -0.2) is 0 Å². The van der Waals surface area contributed by atoms with E-state index in [1.54, 1.807) is 43.3 Å². The number of benzene rings is 3. The lowest BCUT2D eigenvalue weighted by molar-refractivity contribution is -0.137. The molecular weight excluding hydrogens is 495 g/mol. The molecule has 0 radical (unpaired) electrons. The highest BCUT2D eigenvalue weighted by Gasteiger charge is 2.46. The number of hydrogen-bond acceptors (Lipinski definition) is 5. The van der Waals surface area contributed by atoms with Crippen LogP contribution in [0, 0.1) is 6.92 Å². The average molecular weight is 518 g/mol. The molecule has 4 rings (SSSR count). The van der Waals surface area contributed by atoms with Crippen molar-refractivity contribution in [1.82, 2.24) is 4.90 Å². The van der Waals surface area contributed by atoms with Gasteiger partial charge in [0.1, 0.15) is 0 Å². The normalized spacial score (nSPS) is 16.7. The number of carbonyl (C=O) groups excluding carboxylic acids is 2. The summed E-state index contributed by atoms with van der Waals surface area (Å²) in [4.78, 5) is 27.6. The smallest absolute Gasteiger partial charge is 0.341 e. The van der Waals surface area contributed by atoms with Gasteiger partial charge in [-0.3, -0.25) is 14.5 Å². The van der Waals surface area contributed by atoms with Crippen LogP contribution in [0.5, 0.6) is 0 Å². The molecule has 188 valence electrons. The fraction of sp³-hybridized carbons (Fsp3) is 0.200. The van der Waals surface area contributed by atoms with Crippen LogP contribution in [0.4, 0.5) is 35.9 Å². The van der Waals surface area contributed by atoms with Crippen LogP contribution in [0.1, 0.15) is 21.5 Å². The lowest BCUT2D eigenvalue weighted by atomic mass is 10.1. The number of fused-ring (bicyclic) bond motifs is 1. The standard InChI is InChI=1S/C25H23ClF3N5O2/c1-14-8-9-15(12-19(14)26)31-23(36)25(34(2)3)32-20-11-10-16(13-21(20)33-25)30-22(35)17-6-4-5-7-18(17)24(27,28)29/h4-13,32-33H,1-3H3,(H,30,35)(H,31,36). The van der Waals surface area contributed by atoms with Crippen molar-refractivity contribution in [2.45, 2.75) is 18.9 Å². The van der Waals surface area contributed by atoms with Crippen molar-refractivity contribution in [2.75, 3.05) is 35.4 Å². The summed E-state index contributed by atoms with van der Waals surface area (Å²) in [6.45, 7) is 1.85. The Kier molecular flexibility index (Phi) is 6.59. The molecule has 1 aliphatic rings. The molecule has 3 aromatic rings. The van der Waals surface area contributed by atoms with Gasteiger partial charge in [-0.2, -0.15) is 13.2 Å². The lowest BCUT2D eigenvalue weighted by Crippen LogP contribution is -2.62. The summed E-state index contributed by atoms with van der Waals surface area (Å²) in [5.74, 6) is -2.71. The number of nitrogens with one attached hydrogen (secondary N) is 4. The van der Waals surface area contributed by atoms with Crippen LogP contribution in [-0.4, -0.2) is 36.6 Å². The fourth-order valence-electron chi connectivity index (χ4n) is 3.81. The summed E-state index contributed by atoms with van der Waals surface area (Å²) >= 11 is 6.18. The van der Waals surface area contributed by atoms with Gasteiger partial charge in [-0.1, -0.05) is 29.8 Å². The molecule has 1 atom stereocenters. The number of hydrogen-bond donors (Lipinski definition) is 4. The van der Waals surface area contributed by atoms with Gasteiger partial charge in [0.15, 0.2) is 0 Å². The minimum Gasteiger partial charge on any atom is -0.341 e. The Morgan fingerprint density at radius 1 is 0.917 bits per heavy atom. The molecule has 0 bridgehead atoms. The summed E-state index contributed by atoms with van der Waals surface area (Å²) in [6.07, 6.45) is -4.67. The first-order valence-electron chi connectivity index (χ1n) is 10.8. The molecule has 2 amide bonds. The van der Waals surface area contributed by atoms with Gasteiger partial charge in [-0.15, -0.1) is 0 Å². The second kappa shape index (κ2) is 9.36. The van der Waals surface area contributed by atoms with Gasteiger partial charge in [0, 0.05) is 16.4 Å². The Labute approximate surface area is 210 Å². The second-order valence-electron chi connectivity index (χ2n) is 8.53. The Morgan fingerprint density at radius 2 is 1.56 bits per heavy atom. The maximum atomic E-state index is 13.3. The highest BCUT2D eigenvalue weighted by Crippen LogP contribution is 2.38. The molecule has 0 saturated carbocycles. The molecule has 0 aliphatic carbocycles. The highest BCUT2D eigenvalue weighted by atomic mass is 35.5. The second-order valence-corrected chi connectivity index (χ2v) is 8.94. The first-order chi connectivity index (χ1) is 16.9. The Bertz CT molecular complexity index is 1350. The van der Waals surface area contributed by atoms with Crippen molar-refractivity contribution < 1.29 is 22.8 Å². The molecule has 3 aromatic carbocycles. The molecule has 1 heterocycles. The van der Waals surface area contributed by atoms with E-state index >= 15 is 0 Å². The number of likely N-dealkylation sites (N-methyl/N-ethyl adjacent to an activating group) is 1. The average Bonchev–Trinajstić information content (AvgIpc) is 3.21. The molecule has 0 spiro atoms. The van der Waals surface area contributed by atoms with Crippen LogP contribution in [0.15, 0.2) is 60.7 Å². The van der Waals surface area contributed by atoms with E-state index in [9.17, 15) is 22.8 Å². The van der Waals surface area contributed by atoms with Crippen molar-refractivity contribution in [3.8, 4) is 0 Å². The van der Waals surface area contributed by atoms with Crippen LogP contribution < -0.4 is 21.3 Å². The van der Waals surface area contributed by atoms with E-state index in [2.05, 4.69) is 21.3 Å². The van der Waals surface area contributed by atoms with Gasteiger partial charge in [-0.05, 0) is 69.0 Å². The number of amides is 2. The zero-order valence-corrected chi connectivity index (χ0v) is 20.3. The van der Waals surface area contributed by atoms with Crippen LogP contribution in [-0.2, 0) is 11.0 Å². The molecule has 0 fully saturated rings. The minimum absolute atomic E-state index is 0.255.